The van der Waals surface area contributed by atoms with E-state index in [-0.39, 0.29) is 24.8 Å². The lowest BCUT2D eigenvalue weighted by Gasteiger charge is -2.17. The van der Waals surface area contributed by atoms with Gasteiger partial charge in [0.05, 0.1) is 26.1 Å². The molecule has 0 amide bonds. The van der Waals surface area contributed by atoms with Gasteiger partial charge in [0, 0.05) is 0 Å². The van der Waals surface area contributed by atoms with Crippen LogP contribution in [-0.4, -0.2) is 25.2 Å². The molecule has 0 aromatic rings. The van der Waals surface area contributed by atoms with Crippen LogP contribution in [-0.2, 0) is 19.1 Å². The van der Waals surface area contributed by atoms with Gasteiger partial charge in [-0.15, -0.1) is 0 Å². The molecule has 2 atom stereocenters. The molecule has 0 aliphatic heterocycles. The van der Waals surface area contributed by atoms with Gasteiger partial charge in [-0.2, -0.15) is 0 Å². The van der Waals surface area contributed by atoms with Crippen molar-refractivity contribution in [1.82, 2.24) is 0 Å². The second-order valence-electron chi connectivity index (χ2n) is 7.67. The number of rotatable bonds is 13. The summed E-state index contributed by atoms with van der Waals surface area (Å²) in [5.41, 5.74) is 0. The van der Waals surface area contributed by atoms with E-state index in [2.05, 4.69) is 41.5 Å². The topological polar surface area (TPSA) is 52.6 Å². The maximum Gasteiger partial charge on any atom is 0.306 e. The molecule has 0 saturated heterocycles. The van der Waals surface area contributed by atoms with Crippen LogP contribution in [0.5, 0.6) is 0 Å². The smallest absolute Gasteiger partial charge is 0.306 e. The summed E-state index contributed by atoms with van der Waals surface area (Å²) < 4.78 is 10.6. The molecule has 0 fully saturated rings. The summed E-state index contributed by atoms with van der Waals surface area (Å²) in [5, 5.41) is 0. The average molecular weight is 343 g/mol. The van der Waals surface area contributed by atoms with Gasteiger partial charge >= 0.3 is 11.9 Å². The lowest BCUT2D eigenvalue weighted by atomic mass is 9.96. The monoisotopic (exact) mass is 342 g/mol. The Morgan fingerprint density at radius 2 is 1.04 bits per heavy atom. The second kappa shape index (κ2) is 13.3. The summed E-state index contributed by atoms with van der Waals surface area (Å²) >= 11 is 0. The van der Waals surface area contributed by atoms with Gasteiger partial charge in [-0.3, -0.25) is 9.59 Å². The van der Waals surface area contributed by atoms with Gasteiger partial charge < -0.3 is 9.47 Å². The highest BCUT2D eigenvalue weighted by Crippen LogP contribution is 2.17. The predicted octanol–water partition coefficient (Wildman–Crippen LogP) is 5.00. The van der Waals surface area contributed by atoms with Crippen LogP contribution >= 0.6 is 0 Å². The van der Waals surface area contributed by atoms with E-state index in [9.17, 15) is 9.59 Å². The molecule has 2 unspecified atom stereocenters. The van der Waals surface area contributed by atoms with Crippen molar-refractivity contribution < 1.29 is 19.1 Å². The molecule has 0 aromatic heterocycles. The third-order valence-corrected chi connectivity index (χ3v) is 4.26. The van der Waals surface area contributed by atoms with Crippen molar-refractivity contribution in [3.05, 3.63) is 0 Å². The molecule has 0 spiro atoms. The molecular formula is C20H38O4. The highest BCUT2D eigenvalue weighted by molar-refractivity contribution is 5.77. The first-order valence-corrected chi connectivity index (χ1v) is 9.59. The van der Waals surface area contributed by atoms with Crippen molar-refractivity contribution in [2.75, 3.05) is 13.2 Å². The Balaban J connectivity index is 3.94. The van der Waals surface area contributed by atoms with E-state index in [1.165, 1.54) is 0 Å². The van der Waals surface area contributed by atoms with E-state index < -0.39 is 0 Å². The molecule has 0 rings (SSSR count). The molecule has 4 heteroatoms. The molecule has 142 valence electrons. The molecule has 24 heavy (non-hydrogen) atoms. The lowest BCUT2D eigenvalue weighted by Crippen LogP contribution is -2.18. The highest BCUT2D eigenvalue weighted by atomic mass is 16.5. The summed E-state index contributed by atoms with van der Waals surface area (Å²) in [6, 6.07) is 0. The zero-order valence-electron chi connectivity index (χ0n) is 16.6. The zero-order chi connectivity index (χ0) is 18.5. The predicted molar refractivity (Wildman–Crippen MR) is 97.6 cm³/mol. The number of hydrogen-bond acceptors (Lipinski definition) is 4. The summed E-state index contributed by atoms with van der Waals surface area (Å²) in [5.74, 6) is 1.40. The van der Waals surface area contributed by atoms with Gasteiger partial charge in [-0.05, 0) is 36.5 Å². The normalized spacial score (nSPS) is 13.8. The number of carbonyl (C=O) groups excluding carboxylic acids is 2. The van der Waals surface area contributed by atoms with Gasteiger partial charge in [-0.1, -0.05) is 54.4 Å². The van der Waals surface area contributed by atoms with Crippen LogP contribution in [0.25, 0.3) is 0 Å². The molecule has 0 aromatic carbocycles. The van der Waals surface area contributed by atoms with Crippen LogP contribution < -0.4 is 0 Å². The molecule has 0 aliphatic carbocycles. The average Bonchev–Trinajstić information content (AvgIpc) is 2.52. The van der Waals surface area contributed by atoms with Crippen LogP contribution in [0.4, 0.5) is 0 Å². The number of hydrogen-bond donors (Lipinski definition) is 0. The SMILES string of the molecule is CCC(COC(=O)CCC(=O)OCC(CC)CC(C)C)CC(C)C. The van der Waals surface area contributed by atoms with Crippen molar-refractivity contribution in [3.8, 4) is 0 Å². The third-order valence-electron chi connectivity index (χ3n) is 4.26. The fraction of sp³-hybridized carbons (Fsp3) is 0.900. The fourth-order valence-corrected chi connectivity index (χ4v) is 2.81. The van der Waals surface area contributed by atoms with Crippen molar-refractivity contribution in [3.63, 3.8) is 0 Å². The quantitative estimate of drug-likeness (QED) is 0.442. The zero-order valence-corrected chi connectivity index (χ0v) is 16.6. The van der Waals surface area contributed by atoms with Gasteiger partial charge in [0.15, 0.2) is 0 Å². The summed E-state index contributed by atoms with van der Waals surface area (Å²) in [6.45, 7) is 13.8. The Morgan fingerprint density at radius 1 is 0.708 bits per heavy atom. The summed E-state index contributed by atoms with van der Waals surface area (Å²) in [7, 11) is 0. The molecular weight excluding hydrogens is 304 g/mol. The van der Waals surface area contributed by atoms with Gasteiger partial charge in [-0.25, -0.2) is 0 Å². The molecule has 0 aliphatic rings. The number of ether oxygens (including phenoxy) is 2. The van der Waals surface area contributed by atoms with Crippen molar-refractivity contribution >= 4 is 11.9 Å². The second-order valence-corrected chi connectivity index (χ2v) is 7.67. The Morgan fingerprint density at radius 3 is 1.29 bits per heavy atom. The van der Waals surface area contributed by atoms with Crippen LogP contribution in [0.2, 0.25) is 0 Å². The minimum absolute atomic E-state index is 0.109. The first-order valence-electron chi connectivity index (χ1n) is 9.59. The number of esters is 2. The van der Waals surface area contributed by atoms with Crippen LogP contribution in [0.15, 0.2) is 0 Å². The Labute approximate surface area is 148 Å². The molecule has 0 N–H and O–H groups in total. The van der Waals surface area contributed by atoms with Crippen molar-refractivity contribution in [2.24, 2.45) is 23.7 Å². The minimum Gasteiger partial charge on any atom is -0.465 e. The Hall–Kier alpha value is -1.06. The lowest BCUT2D eigenvalue weighted by molar-refractivity contribution is -0.152. The molecule has 4 nitrogen and oxygen atoms in total. The van der Waals surface area contributed by atoms with Crippen molar-refractivity contribution in [2.45, 2.75) is 80.1 Å². The van der Waals surface area contributed by atoms with Gasteiger partial charge in [0.2, 0.25) is 0 Å². The summed E-state index contributed by atoms with van der Waals surface area (Å²) in [6.07, 6.45) is 4.33. The number of carbonyl (C=O) groups is 2. The minimum atomic E-state index is -0.302. The van der Waals surface area contributed by atoms with Crippen LogP contribution in [0, 0.1) is 23.7 Å². The Kier molecular flexibility index (Phi) is 12.7. The van der Waals surface area contributed by atoms with Gasteiger partial charge in [0.1, 0.15) is 0 Å². The largest absolute Gasteiger partial charge is 0.465 e. The van der Waals surface area contributed by atoms with Crippen LogP contribution in [0.3, 0.4) is 0 Å². The molecule has 0 radical (unpaired) electrons. The van der Waals surface area contributed by atoms with E-state index in [4.69, 9.17) is 9.47 Å². The van der Waals surface area contributed by atoms with E-state index in [0.29, 0.717) is 36.9 Å². The fourth-order valence-electron chi connectivity index (χ4n) is 2.81. The van der Waals surface area contributed by atoms with E-state index in [0.717, 1.165) is 25.7 Å². The summed E-state index contributed by atoms with van der Waals surface area (Å²) in [4.78, 5) is 23.5. The van der Waals surface area contributed by atoms with E-state index in [1.807, 2.05) is 0 Å². The third kappa shape index (κ3) is 12.4. The first-order chi connectivity index (χ1) is 11.3. The van der Waals surface area contributed by atoms with E-state index >= 15 is 0 Å². The first kappa shape index (κ1) is 22.9. The molecule has 0 bridgehead atoms. The van der Waals surface area contributed by atoms with Crippen molar-refractivity contribution in [1.29, 1.82) is 0 Å². The maximum atomic E-state index is 11.8. The molecule has 0 heterocycles. The standard InChI is InChI=1S/C20H38O4/c1-7-17(11-15(3)4)13-23-19(21)9-10-20(22)24-14-18(8-2)12-16(5)6/h15-18H,7-14H2,1-6H3. The van der Waals surface area contributed by atoms with E-state index in [1.54, 1.807) is 0 Å². The highest BCUT2D eigenvalue weighted by Gasteiger charge is 2.15. The van der Waals surface area contributed by atoms with Gasteiger partial charge in [0.25, 0.3) is 0 Å². The maximum absolute atomic E-state index is 11.8. The Bertz CT molecular complexity index is 316. The molecule has 0 saturated carbocycles. The van der Waals surface area contributed by atoms with Crippen LogP contribution in [0.1, 0.15) is 80.1 Å².